The van der Waals surface area contributed by atoms with Gasteiger partial charge in [-0.2, -0.15) is 8.42 Å². The molecule has 0 aromatic heterocycles. The second-order valence-electron chi connectivity index (χ2n) is 7.70. The number of rotatable bonds is 16. The van der Waals surface area contributed by atoms with E-state index < -0.39 is 10.4 Å². The third kappa shape index (κ3) is 20.0. The Morgan fingerprint density at radius 1 is 0.821 bits per heavy atom. The van der Waals surface area contributed by atoms with Gasteiger partial charge in [0.25, 0.3) is 0 Å². The van der Waals surface area contributed by atoms with Gasteiger partial charge in [0.05, 0.1) is 13.8 Å². The lowest BCUT2D eigenvalue weighted by atomic mass is 10.0. The van der Waals surface area contributed by atoms with Gasteiger partial charge < -0.3 is 9.80 Å². The molecule has 0 aliphatic carbocycles. The largest absolute Gasteiger partial charge is 0.397 e. The standard InChI is InChI=1S/C20H40N2.CH4O4S/c1-3-4-5-6-7-8-9-10-11-12-13-14-15-16-17-22-19-18-21(2)20-22;1-5-6(2,3)4/h18-19H,3-17,20H2,1-2H3;1H3,(H,2,3,4). The van der Waals surface area contributed by atoms with E-state index in [4.69, 9.17) is 4.55 Å². The molecular formula is C21H44N2O4S. The minimum Gasteiger partial charge on any atom is -0.362 e. The molecule has 0 aromatic rings. The monoisotopic (exact) mass is 420 g/mol. The Morgan fingerprint density at radius 2 is 1.21 bits per heavy atom. The smallest absolute Gasteiger partial charge is 0.362 e. The van der Waals surface area contributed by atoms with Crippen molar-refractivity contribution in [2.45, 2.75) is 96.8 Å². The Labute approximate surface area is 174 Å². The highest BCUT2D eigenvalue weighted by Crippen LogP contribution is 2.13. The number of hydrogen-bond donors (Lipinski definition) is 1. The summed E-state index contributed by atoms with van der Waals surface area (Å²) < 4.78 is 29.7. The Balaban J connectivity index is 0.00000105. The van der Waals surface area contributed by atoms with Crippen LogP contribution in [0.1, 0.15) is 96.8 Å². The first-order valence-electron chi connectivity index (χ1n) is 11.0. The van der Waals surface area contributed by atoms with E-state index in [0.717, 1.165) is 13.8 Å². The van der Waals surface area contributed by atoms with Crippen molar-refractivity contribution in [2.75, 3.05) is 27.4 Å². The maximum absolute atomic E-state index is 9.33. The van der Waals surface area contributed by atoms with Gasteiger partial charge in [-0.3, -0.25) is 8.74 Å². The van der Waals surface area contributed by atoms with Gasteiger partial charge in [0.2, 0.25) is 0 Å². The molecule has 0 unspecified atom stereocenters. The molecule has 0 aromatic carbocycles. The highest BCUT2D eigenvalue weighted by molar-refractivity contribution is 7.80. The molecule has 1 heterocycles. The maximum Gasteiger partial charge on any atom is 0.397 e. The van der Waals surface area contributed by atoms with Gasteiger partial charge in [0.1, 0.15) is 0 Å². The summed E-state index contributed by atoms with van der Waals surface area (Å²) in [4.78, 5) is 4.66. The number of nitrogens with zero attached hydrogens (tertiary/aromatic N) is 2. The third-order valence-electron chi connectivity index (χ3n) is 4.95. The number of unbranched alkanes of at least 4 members (excludes halogenated alkanes) is 13. The Bertz CT molecular complexity index is 469. The Kier molecular flexibility index (Phi) is 17.7. The van der Waals surface area contributed by atoms with Crippen LogP contribution >= 0.6 is 0 Å². The van der Waals surface area contributed by atoms with E-state index in [-0.39, 0.29) is 0 Å². The normalized spacial score (nSPS) is 13.7. The van der Waals surface area contributed by atoms with Crippen LogP contribution in [0, 0.1) is 0 Å². The zero-order chi connectivity index (χ0) is 21.1. The third-order valence-corrected chi connectivity index (χ3v) is 5.37. The van der Waals surface area contributed by atoms with E-state index in [0.29, 0.717) is 0 Å². The van der Waals surface area contributed by atoms with Crippen LogP contribution in [0.4, 0.5) is 0 Å². The molecule has 0 fully saturated rings. The maximum atomic E-state index is 9.33. The second-order valence-corrected chi connectivity index (χ2v) is 8.89. The molecular weight excluding hydrogens is 376 g/mol. The number of hydrogen-bond acceptors (Lipinski definition) is 5. The second kappa shape index (κ2) is 18.3. The van der Waals surface area contributed by atoms with Gasteiger partial charge in [0, 0.05) is 26.0 Å². The summed E-state index contributed by atoms with van der Waals surface area (Å²) in [6.45, 7) is 4.61. The van der Waals surface area contributed by atoms with Crippen molar-refractivity contribution in [3.63, 3.8) is 0 Å². The molecule has 6 nitrogen and oxygen atoms in total. The van der Waals surface area contributed by atoms with Gasteiger partial charge in [-0.1, -0.05) is 90.4 Å². The summed E-state index contributed by atoms with van der Waals surface area (Å²) in [5, 5.41) is 0. The molecule has 1 rings (SSSR count). The topological polar surface area (TPSA) is 70.1 Å². The lowest BCUT2D eigenvalue weighted by Gasteiger charge is -2.17. The summed E-state index contributed by atoms with van der Waals surface area (Å²) in [6.07, 6.45) is 24.6. The van der Waals surface area contributed by atoms with Gasteiger partial charge in [0.15, 0.2) is 0 Å². The SMILES string of the molecule is CCCCCCCCCCCCCCCCN1C=CN(C)C1.COS(=O)(=O)O. The van der Waals surface area contributed by atoms with E-state index in [2.05, 4.69) is 40.4 Å². The fourth-order valence-corrected chi connectivity index (χ4v) is 3.24. The van der Waals surface area contributed by atoms with E-state index in [1.165, 1.54) is 96.4 Å². The Hall–Kier alpha value is -0.790. The minimum absolute atomic E-state index is 0.870. The minimum atomic E-state index is -4.16. The van der Waals surface area contributed by atoms with Crippen molar-refractivity contribution in [2.24, 2.45) is 0 Å². The fraction of sp³-hybridized carbons (Fsp3) is 0.905. The molecule has 28 heavy (non-hydrogen) atoms. The summed E-state index contributed by atoms with van der Waals surface area (Å²) in [7, 11) is -1.15. The van der Waals surface area contributed by atoms with E-state index >= 15 is 0 Å². The van der Waals surface area contributed by atoms with Gasteiger partial charge in [-0.25, -0.2) is 0 Å². The zero-order valence-corrected chi connectivity index (χ0v) is 19.3. The van der Waals surface area contributed by atoms with Crippen molar-refractivity contribution in [1.29, 1.82) is 0 Å². The van der Waals surface area contributed by atoms with Crippen LogP contribution in [0.3, 0.4) is 0 Å². The molecule has 1 aliphatic rings. The average Bonchev–Trinajstić information content (AvgIpc) is 3.07. The molecule has 0 spiro atoms. The van der Waals surface area contributed by atoms with E-state index in [9.17, 15) is 8.42 Å². The van der Waals surface area contributed by atoms with E-state index in [1.54, 1.807) is 0 Å². The molecule has 0 saturated heterocycles. The van der Waals surface area contributed by atoms with Gasteiger partial charge >= 0.3 is 10.4 Å². The molecule has 0 saturated carbocycles. The summed E-state index contributed by atoms with van der Waals surface area (Å²) in [5.74, 6) is 0. The lowest BCUT2D eigenvalue weighted by Crippen LogP contribution is -2.23. The average molecular weight is 421 g/mol. The van der Waals surface area contributed by atoms with Crippen molar-refractivity contribution < 1.29 is 17.2 Å². The molecule has 0 amide bonds. The first-order chi connectivity index (χ1) is 13.4. The quantitative estimate of drug-likeness (QED) is 0.260. The van der Waals surface area contributed by atoms with Gasteiger partial charge in [-0.15, -0.1) is 0 Å². The summed E-state index contributed by atoms with van der Waals surface area (Å²) >= 11 is 0. The predicted octanol–water partition coefficient (Wildman–Crippen LogP) is 5.58. The Morgan fingerprint density at radius 3 is 1.54 bits per heavy atom. The predicted molar refractivity (Wildman–Crippen MR) is 117 cm³/mol. The van der Waals surface area contributed by atoms with Crippen molar-refractivity contribution in [3.05, 3.63) is 12.4 Å². The van der Waals surface area contributed by atoms with Crippen molar-refractivity contribution in [3.8, 4) is 0 Å². The lowest BCUT2D eigenvalue weighted by molar-refractivity contribution is 0.290. The van der Waals surface area contributed by atoms with Crippen LogP contribution < -0.4 is 0 Å². The molecule has 0 bridgehead atoms. The fourth-order valence-electron chi connectivity index (χ4n) is 3.24. The molecule has 1 N–H and O–H groups in total. The van der Waals surface area contributed by atoms with Crippen LogP contribution in [0.15, 0.2) is 12.4 Å². The van der Waals surface area contributed by atoms with E-state index in [1.807, 2.05) is 0 Å². The van der Waals surface area contributed by atoms with Crippen LogP contribution in [0.2, 0.25) is 0 Å². The molecule has 0 atom stereocenters. The van der Waals surface area contributed by atoms with Crippen molar-refractivity contribution in [1.82, 2.24) is 9.80 Å². The molecule has 7 heteroatoms. The molecule has 0 radical (unpaired) electrons. The molecule has 168 valence electrons. The zero-order valence-electron chi connectivity index (χ0n) is 18.4. The first-order valence-corrected chi connectivity index (χ1v) is 12.4. The summed E-state index contributed by atoms with van der Waals surface area (Å²) in [6, 6.07) is 0. The summed E-state index contributed by atoms with van der Waals surface area (Å²) in [5.41, 5.74) is 0. The molecule has 1 aliphatic heterocycles. The first kappa shape index (κ1) is 27.2. The van der Waals surface area contributed by atoms with Crippen molar-refractivity contribution >= 4 is 10.4 Å². The highest BCUT2D eigenvalue weighted by Gasteiger charge is 2.06. The van der Waals surface area contributed by atoms with Crippen LogP contribution in [0.25, 0.3) is 0 Å². The highest BCUT2D eigenvalue weighted by atomic mass is 32.3. The van der Waals surface area contributed by atoms with Crippen LogP contribution in [-0.4, -0.2) is 50.1 Å². The van der Waals surface area contributed by atoms with Crippen LogP contribution in [0.5, 0.6) is 0 Å². The van der Waals surface area contributed by atoms with Gasteiger partial charge in [-0.05, 0) is 6.42 Å². The van der Waals surface area contributed by atoms with Crippen LogP contribution in [-0.2, 0) is 14.6 Å².